The van der Waals surface area contributed by atoms with Crippen LogP contribution in [-0.2, 0) is 35.2 Å². The van der Waals surface area contributed by atoms with Crippen LogP contribution in [0.15, 0.2) is 119 Å². The second-order valence-corrected chi connectivity index (χ2v) is 10.1. The Kier molecular flexibility index (Phi) is 6.81. The molecule has 1 heterocycles. The van der Waals surface area contributed by atoms with Crippen LogP contribution in [0, 0.1) is 12.1 Å². The summed E-state index contributed by atoms with van der Waals surface area (Å²) >= 11 is 0. The van der Waals surface area contributed by atoms with Gasteiger partial charge in [0.1, 0.15) is 0 Å². The molecule has 0 aliphatic rings. The number of aryl methyl sites for hydroxylation is 2. The van der Waals surface area contributed by atoms with Crippen LogP contribution < -0.4 is 11.1 Å². The topological polar surface area (TPSA) is 44.0 Å². The van der Waals surface area contributed by atoms with Crippen LogP contribution in [0.1, 0.15) is 0 Å². The van der Waals surface area contributed by atoms with Crippen molar-refractivity contribution >= 4 is 64.9 Å². The van der Waals surface area contributed by atoms with Crippen molar-refractivity contribution in [3.8, 4) is 0 Å². The van der Waals surface area contributed by atoms with Gasteiger partial charge in [-0.05, 0) is 12.1 Å². The summed E-state index contributed by atoms with van der Waals surface area (Å²) in [4.78, 5) is 28.5. The Morgan fingerprint density at radius 1 is 0.488 bits per heavy atom. The molecule has 41 heavy (non-hydrogen) atoms. The molecule has 7 rings (SSSR count). The van der Waals surface area contributed by atoms with E-state index in [0.29, 0.717) is 10.8 Å². The van der Waals surface area contributed by atoms with E-state index in [2.05, 4.69) is 12.1 Å². The molecule has 5 heteroatoms. The van der Waals surface area contributed by atoms with Gasteiger partial charge in [0.25, 0.3) is 0 Å². The fourth-order valence-corrected chi connectivity index (χ4v) is 5.66. The SMILES string of the molecule is Cn1c(=O)c2[c-]c(cc3ccccc32)c2ccccc2n(C)c(=O)c2[c-]c(cc3ccccc32)c2ccccc21.[Pt+4]. The normalized spacial score (nSPS) is 11.2. The average Bonchev–Trinajstić information content (AvgIpc) is 3.02. The number of rotatable bonds is 0. The number of nitrogens with zero attached hydrogens (tertiary/aromatic N) is 2. The molecule has 4 bridgehead atoms. The van der Waals surface area contributed by atoms with E-state index in [1.807, 2.05) is 109 Å². The molecule has 0 atom stereocenters. The summed E-state index contributed by atoms with van der Waals surface area (Å²) in [5.74, 6) is 0. The van der Waals surface area contributed by atoms with Crippen LogP contribution in [0.4, 0.5) is 0 Å². The van der Waals surface area contributed by atoms with E-state index in [1.165, 1.54) is 0 Å². The van der Waals surface area contributed by atoms with Crippen LogP contribution in [0.5, 0.6) is 0 Å². The maximum atomic E-state index is 14.2. The van der Waals surface area contributed by atoms with Gasteiger partial charge in [0.15, 0.2) is 11.1 Å². The zero-order valence-electron chi connectivity index (χ0n) is 22.4. The summed E-state index contributed by atoms with van der Waals surface area (Å²) in [7, 11) is 3.58. The molecule has 198 valence electrons. The zero-order chi connectivity index (χ0) is 27.4. The summed E-state index contributed by atoms with van der Waals surface area (Å²) in [6, 6.07) is 42.2. The minimum atomic E-state index is -0.162. The van der Waals surface area contributed by atoms with Crippen LogP contribution >= 0.6 is 0 Å². The number of hydrogen-bond acceptors (Lipinski definition) is 2. The standard InChI is InChI=1S/C36H24N2O2.Pt/c1-37-33-17-9-7-15-29(33)25-19-24-12-4-6-14-28(24)32(22-25)36(40)38(2)34-18-10-8-16-30(34)26-20-23-11-3-5-13-27(23)31(21-26)35(37)39;/h3-20H,1-2H3;/q-2;+4. The predicted octanol–water partition coefficient (Wildman–Crippen LogP) is 7.29. The van der Waals surface area contributed by atoms with Gasteiger partial charge in [0.2, 0.25) is 0 Å². The van der Waals surface area contributed by atoms with Gasteiger partial charge in [-0.1, -0.05) is 128 Å². The van der Waals surface area contributed by atoms with Crippen molar-refractivity contribution in [1.29, 1.82) is 0 Å². The molecule has 0 unspecified atom stereocenters. The average molecular weight is 712 g/mol. The van der Waals surface area contributed by atoms with Gasteiger partial charge in [-0.15, -0.1) is 35.0 Å². The summed E-state index contributed by atoms with van der Waals surface area (Å²) in [5, 5.41) is 7.62. The van der Waals surface area contributed by atoms with Gasteiger partial charge < -0.3 is 18.7 Å². The Labute approximate surface area is 250 Å². The van der Waals surface area contributed by atoms with E-state index in [9.17, 15) is 9.59 Å². The molecule has 0 saturated heterocycles. The Bertz CT molecular complexity index is 2230. The fourth-order valence-electron chi connectivity index (χ4n) is 5.66. The number of para-hydroxylation sites is 2. The van der Waals surface area contributed by atoms with E-state index in [1.54, 1.807) is 23.2 Å². The third-order valence-electron chi connectivity index (χ3n) is 7.73. The molecular formula is C36H24N2O2Pt+2. The van der Waals surface area contributed by atoms with Crippen LogP contribution in [0.25, 0.3) is 64.9 Å². The Morgan fingerprint density at radius 2 is 0.829 bits per heavy atom. The molecule has 0 aliphatic heterocycles. The zero-order valence-corrected chi connectivity index (χ0v) is 24.7. The largest absolute Gasteiger partial charge is 4.00 e. The van der Waals surface area contributed by atoms with Gasteiger partial charge in [-0.2, -0.15) is 0 Å². The van der Waals surface area contributed by atoms with Gasteiger partial charge in [0, 0.05) is 25.1 Å². The van der Waals surface area contributed by atoms with Crippen LogP contribution in [0.2, 0.25) is 0 Å². The molecule has 7 aromatic rings. The summed E-state index contributed by atoms with van der Waals surface area (Å²) in [6.45, 7) is 0. The van der Waals surface area contributed by atoms with E-state index in [4.69, 9.17) is 0 Å². The van der Waals surface area contributed by atoms with Crippen molar-refractivity contribution < 1.29 is 21.1 Å². The number of benzene rings is 6. The van der Waals surface area contributed by atoms with Crippen LogP contribution in [0.3, 0.4) is 0 Å². The quantitative estimate of drug-likeness (QED) is 0.155. The second-order valence-electron chi connectivity index (χ2n) is 10.1. The van der Waals surface area contributed by atoms with Gasteiger partial charge >= 0.3 is 21.1 Å². The molecular weight excluding hydrogens is 687 g/mol. The molecule has 0 saturated carbocycles. The predicted molar refractivity (Wildman–Crippen MR) is 166 cm³/mol. The molecule has 0 N–H and O–H groups in total. The minimum absolute atomic E-state index is 0. The Hall–Kier alpha value is -4.53. The van der Waals surface area contributed by atoms with Gasteiger partial charge in [-0.3, -0.25) is 0 Å². The van der Waals surface area contributed by atoms with Crippen molar-refractivity contribution in [3.05, 3.63) is 142 Å². The molecule has 4 nitrogen and oxygen atoms in total. The second kappa shape index (κ2) is 10.5. The number of hydrogen-bond donors (Lipinski definition) is 0. The monoisotopic (exact) mass is 711 g/mol. The third-order valence-corrected chi connectivity index (χ3v) is 7.73. The molecule has 0 amide bonds. The summed E-state index contributed by atoms with van der Waals surface area (Å²) in [5.41, 5.74) is 1.13. The summed E-state index contributed by atoms with van der Waals surface area (Å²) < 4.78 is 3.34. The van der Waals surface area contributed by atoms with E-state index in [-0.39, 0.29) is 32.2 Å². The molecule has 0 aliphatic carbocycles. The molecule has 0 radical (unpaired) electrons. The fraction of sp³-hybridized carbons (Fsp3) is 0.0556. The Balaban J connectivity index is 0.00000302. The molecule has 1 aromatic heterocycles. The first kappa shape index (κ1) is 26.7. The third kappa shape index (κ3) is 4.36. The summed E-state index contributed by atoms with van der Waals surface area (Å²) in [6.07, 6.45) is 0. The Morgan fingerprint density at radius 3 is 1.24 bits per heavy atom. The maximum absolute atomic E-state index is 14.2. The first-order valence-electron chi connectivity index (χ1n) is 13.2. The van der Waals surface area contributed by atoms with E-state index >= 15 is 0 Å². The van der Waals surface area contributed by atoms with Crippen molar-refractivity contribution in [2.45, 2.75) is 0 Å². The minimum Gasteiger partial charge on any atom is -0.349 e. The van der Waals surface area contributed by atoms with Crippen molar-refractivity contribution in [3.63, 3.8) is 0 Å². The molecule has 6 aromatic carbocycles. The van der Waals surface area contributed by atoms with Gasteiger partial charge in [0.05, 0.1) is 0 Å². The molecule has 0 fully saturated rings. The number of fused-ring (bicyclic) bond motifs is 12. The van der Waals surface area contributed by atoms with Crippen molar-refractivity contribution in [2.24, 2.45) is 14.1 Å². The smallest absolute Gasteiger partial charge is 0.349 e. The van der Waals surface area contributed by atoms with E-state index in [0.717, 1.165) is 54.1 Å². The first-order chi connectivity index (χ1) is 19.5. The maximum Gasteiger partial charge on any atom is 4.00 e. The van der Waals surface area contributed by atoms with Crippen molar-refractivity contribution in [1.82, 2.24) is 9.13 Å². The molecule has 0 spiro atoms. The number of aromatic nitrogens is 2. The van der Waals surface area contributed by atoms with Crippen LogP contribution in [-0.4, -0.2) is 9.13 Å². The van der Waals surface area contributed by atoms with E-state index < -0.39 is 0 Å². The van der Waals surface area contributed by atoms with Crippen molar-refractivity contribution in [2.75, 3.05) is 0 Å². The van der Waals surface area contributed by atoms with Gasteiger partial charge in [-0.25, -0.2) is 0 Å². The first-order valence-corrected chi connectivity index (χ1v) is 13.2.